The van der Waals surface area contributed by atoms with Gasteiger partial charge in [-0.05, 0) is 6.07 Å². The minimum atomic E-state index is 0.0905. The number of hydrogen-bond donors (Lipinski definition) is 2. The Morgan fingerprint density at radius 1 is 1.53 bits per heavy atom. The molecule has 5 nitrogen and oxygen atoms in total. The second-order valence-corrected chi connectivity index (χ2v) is 4.53. The van der Waals surface area contributed by atoms with Crippen molar-refractivity contribution in [3.63, 3.8) is 0 Å². The third-order valence-corrected chi connectivity index (χ3v) is 3.64. The highest BCUT2D eigenvalue weighted by atomic mass is 127. The van der Waals surface area contributed by atoms with Crippen molar-refractivity contribution in [3.05, 3.63) is 18.6 Å². The van der Waals surface area contributed by atoms with Crippen LogP contribution in [0.1, 0.15) is 0 Å². The molecule has 0 aliphatic rings. The highest BCUT2D eigenvalue weighted by Gasteiger charge is 2.07. The van der Waals surface area contributed by atoms with Gasteiger partial charge in [-0.1, -0.05) is 0 Å². The Balaban J connectivity index is 2.42. The monoisotopic (exact) mass is 336 g/mol. The molecule has 2 heterocycles. The smallest absolute Gasteiger partial charge is 0.156 e. The van der Waals surface area contributed by atoms with Crippen LogP contribution >= 0.6 is 30.3 Å². The SMILES string of the molecule is OCCNc1ncnc2c1ccn2SI. The van der Waals surface area contributed by atoms with Gasteiger partial charge < -0.3 is 10.4 Å². The molecule has 0 unspecified atom stereocenters. The zero-order valence-electron chi connectivity index (χ0n) is 7.72. The van der Waals surface area contributed by atoms with E-state index in [-0.39, 0.29) is 6.61 Å². The first kappa shape index (κ1) is 11.0. The standard InChI is InChI=1S/C8H9IN4OS/c9-15-13-3-1-6-7(10-2-4-14)11-5-12-8(6)13/h1,3,5,14H,2,4H2,(H,10,11,12). The quantitative estimate of drug-likeness (QED) is 0.832. The van der Waals surface area contributed by atoms with Crippen LogP contribution in [0.2, 0.25) is 0 Å². The summed E-state index contributed by atoms with van der Waals surface area (Å²) in [5.41, 5.74) is 0.879. The Labute approximate surface area is 103 Å². The van der Waals surface area contributed by atoms with E-state index in [9.17, 15) is 0 Å². The van der Waals surface area contributed by atoms with Gasteiger partial charge in [-0.2, -0.15) is 0 Å². The number of nitrogens with one attached hydrogen (secondary N) is 1. The van der Waals surface area contributed by atoms with E-state index in [0.717, 1.165) is 16.9 Å². The second-order valence-electron chi connectivity index (χ2n) is 2.82. The third-order valence-electron chi connectivity index (χ3n) is 1.93. The number of nitrogens with zero attached hydrogens (tertiary/aromatic N) is 3. The lowest BCUT2D eigenvalue weighted by Crippen LogP contribution is -2.07. The lowest BCUT2D eigenvalue weighted by atomic mass is 10.4. The summed E-state index contributed by atoms with van der Waals surface area (Å²) in [6.07, 6.45) is 3.46. The van der Waals surface area contributed by atoms with Crippen LogP contribution in [0.15, 0.2) is 18.6 Å². The number of fused-ring (bicyclic) bond motifs is 1. The first-order valence-corrected chi connectivity index (χ1v) is 7.64. The molecular weight excluding hydrogens is 327 g/mol. The van der Waals surface area contributed by atoms with Gasteiger partial charge in [0.2, 0.25) is 0 Å². The van der Waals surface area contributed by atoms with E-state index in [4.69, 9.17) is 5.11 Å². The van der Waals surface area contributed by atoms with E-state index in [1.54, 1.807) is 9.12 Å². The summed E-state index contributed by atoms with van der Waals surface area (Å²) in [6, 6.07) is 1.96. The predicted molar refractivity (Wildman–Crippen MR) is 70.1 cm³/mol. The maximum Gasteiger partial charge on any atom is 0.156 e. The van der Waals surface area contributed by atoms with Gasteiger partial charge in [0, 0.05) is 43.1 Å². The van der Waals surface area contributed by atoms with Gasteiger partial charge in [0.15, 0.2) is 5.65 Å². The average molecular weight is 336 g/mol. The van der Waals surface area contributed by atoms with Crippen LogP contribution in [0.3, 0.4) is 0 Å². The van der Waals surface area contributed by atoms with Crippen molar-refractivity contribution in [1.29, 1.82) is 0 Å². The molecule has 2 aromatic rings. The maximum absolute atomic E-state index is 8.73. The molecule has 0 aliphatic heterocycles. The molecule has 0 saturated heterocycles. The third kappa shape index (κ3) is 2.18. The summed E-state index contributed by atoms with van der Waals surface area (Å²) < 4.78 is 1.96. The molecule has 2 aromatic heterocycles. The minimum absolute atomic E-state index is 0.0905. The predicted octanol–water partition coefficient (Wildman–Crippen LogP) is 1.68. The molecule has 0 bridgehead atoms. The first-order chi connectivity index (χ1) is 7.36. The number of halogens is 1. The summed E-state index contributed by atoms with van der Waals surface area (Å²) in [6.45, 7) is 0.585. The van der Waals surface area contributed by atoms with Crippen LogP contribution in [0.5, 0.6) is 0 Å². The van der Waals surface area contributed by atoms with Crippen molar-refractivity contribution in [2.24, 2.45) is 0 Å². The maximum atomic E-state index is 8.73. The van der Waals surface area contributed by atoms with Crippen molar-refractivity contribution in [1.82, 2.24) is 13.9 Å². The molecule has 2 N–H and O–H groups in total. The van der Waals surface area contributed by atoms with Crippen LogP contribution in [-0.4, -0.2) is 32.2 Å². The molecule has 0 radical (unpaired) electrons. The van der Waals surface area contributed by atoms with Crippen molar-refractivity contribution in [2.75, 3.05) is 18.5 Å². The second kappa shape index (κ2) is 4.99. The number of aliphatic hydroxyl groups excluding tert-OH is 1. The van der Waals surface area contributed by atoms with E-state index >= 15 is 0 Å². The molecule has 80 valence electrons. The largest absolute Gasteiger partial charge is 0.395 e. The molecule has 2 rings (SSSR count). The first-order valence-electron chi connectivity index (χ1n) is 4.32. The van der Waals surface area contributed by atoms with E-state index < -0.39 is 0 Å². The van der Waals surface area contributed by atoms with Crippen molar-refractivity contribution >= 4 is 47.2 Å². The average Bonchev–Trinajstić information content (AvgIpc) is 2.69. The topological polar surface area (TPSA) is 63.0 Å². The van der Waals surface area contributed by atoms with Gasteiger partial charge in [-0.3, -0.25) is 3.97 Å². The van der Waals surface area contributed by atoms with Crippen LogP contribution in [0.25, 0.3) is 11.0 Å². The Kier molecular flexibility index (Phi) is 3.65. The van der Waals surface area contributed by atoms with Crippen LogP contribution in [-0.2, 0) is 0 Å². The number of aromatic nitrogens is 3. The van der Waals surface area contributed by atoms with E-state index in [2.05, 4.69) is 36.5 Å². The van der Waals surface area contributed by atoms with Gasteiger partial charge >= 0.3 is 0 Å². The van der Waals surface area contributed by atoms with Crippen molar-refractivity contribution in [3.8, 4) is 0 Å². The highest BCUT2D eigenvalue weighted by Crippen LogP contribution is 2.26. The Morgan fingerprint density at radius 2 is 2.40 bits per heavy atom. The normalized spacial score (nSPS) is 10.8. The van der Waals surface area contributed by atoms with Crippen LogP contribution < -0.4 is 5.32 Å². The highest BCUT2D eigenvalue weighted by molar-refractivity contribution is 14.2. The van der Waals surface area contributed by atoms with Gasteiger partial charge in [-0.25, -0.2) is 9.97 Å². The molecule has 0 aromatic carbocycles. The summed E-state index contributed by atoms with van der Waals surface area (Å²) in [7, 11) is 1.56. The molecule has 0 spiro atoms. The van der Waals surface area contributed by atoms with Crippen LogP contribution in [0, 0.1) is 0 Å². The molecule has 7 heteroatoms. The Bertz CT molecular complexity index is 461. The Hall–Kier alpha value is -0.540. The Morgan fingerprint density at radius 3 is 3.13 bits per heavy atom. The number of anilines is 1. The van der Waals surface area contributed by atoms with Crippen molar-refractivity contribution < 1.29 is 5.11 Å². The molecule has 0 atom stereocenters. The zero-order valence-corrected chi connectivity index (χ0v) is 10.7. The summed E-state index contributed by atoms with van der Waals surface area (Å²) in [4.78, 5) is 8.34. The fraction of sp³-hybridized carbons (Fsp3) is 0.250. The van der Waals surface area contributed by atoms with Crippen LogP contribution in [0.4, 0.5) is 5.82 Å². The summed E-state index contributed by atoms with van der Waals surface area (Å²) >= 11 is 2.20. The van der Waals surface area contributed by atoms with Gasteiger partial charge in [0.05, 0.1) is 12.0 Å². The fourth-order valence-electron chi connectivity index (χ4n) is 1.30. The molecular formula is C8H9IN4OS. The van der Waals surface area contributed by atoms with Gasteiger partial charge in [0.25, 0.3) is 0 Å². The fourth-order valence-corrected chi connectivity index (χ4v) is 2.57. The molecule has 0 fully saturated rings. The van der Waals surface area contributed by atoms with E-state index in [1.807, 2.05) is 16.2 Å². The van der Waals surface area contributed by atoms with E-state index in [0.29, 0.717) is 6.54 Å². The van der Waals surface area contributed by atoms with E-state index in [1.165, 1.54) is 6.33 Å². The molecule has 0 saturated carbocycles. The summed E-state index contributed by atoms with van der Waals surface area (Å²) in [5, 5.41) is 12.8. The van der Waals surface area contributed by atoms with Crippen molar-refractivity contribution in [2.45, 2.75) is 0 Å². The minimum Gasteiger partial charge on any atom is -0.395 e. The molecule has 0 amide bonds. The number of hydrogen-bond acceptors (Lipinski definition) is 5. The number of rotatable bonds is 4. The lowest BCUT2D eigenvalue weighted by Gasteiger charge is -2.04. The lowest BCUT2D eigenvalue weighted by molar-refractivity contribution is 0.311. The van der Waals surface area contributed by atoms with Gasteiger partial charge in [-0.15, -0.1) is 0 Å². The van der Waals surface area contributed by atoms with Gasteiger partial charge in [0.1, 0.15) is 12.1 Å². The zero-order chi connectivity index (χ0) is 10.7. The molecule has 0 aliphatic carbocycles. The summed E-state index contributed by atoms with van der Waals surface area (Å²) in [5.74, 6) is 0.762. The number of aliphatic hydroxyl groups is 1. The molecule has 15 heavy (non-hydrogen) atoms.